The number of aryl methyl sites for hydroxylation is 1. The lowest BCUT2D eigenvalue weighted by atomic mass is 10.1. The van der Waals surface area contributed by atoms with Crippen molar-refractivity contribution >= 4 is 17.5 Å². The molecule has 0 saturated heterocycles. The maximum absolute atomic E-state index is 12.5. The summed E-state index contributed by atoms with van der Waals surface area (Å²) < 4.78 is 16.3. The molecule has 7 heteroatoms. The van der Waals surface area contributed by atoms with Crippen LogP contribution in [0.1, 0.15) is 24.5 Å². The van der Waals surface area contributed by atoms with E-state index in [1.54, 1.807) is 11.8 Å². The van der Waals surface area contributed by atoms with E-state index in [0.29, 0.717) is 36.0 Å². The van der Waals surface area contributed by atoms with Crippen LogP contribution in [0.4, 0.5) is 5.69 Å². The Morgan fingerprint density at radius 1 is 1.14 bits per heavy atom. The SMILES string of the molecule is Cc1ccc2c(c1)N(CCC(=O)NCc1ccc3c(c1)OCO3)C(=O)C(C)O2. The second-order valence-corrected chi connectivity index (χ2v) is 6.94. The van der Waals surface area contributed by atoms with E-state index in [1.807, 2.05) is 43.3 Å². The van der Waals surface area contributed by atoms with Crippen molar-refractivity contribution in [1.82, 2.24) is 5.32 Å². The first kappa shape index (κ1) is 18.2. The van der Waals surface area contributed by atoms with Gasteiger partial charge in [0.2, 0.25) is 12.7 Å². The maximum atomic E-state index is 12.5. The van der Waals surface area contributed by atoms with Gasteiger partial charge in [0.15, 0.2) is 17.6 Å². The number of carbonyl (C=O) groups excluding carboxylic acids is 2. The molecule has 1 atom stereocenters. The van der Waals surface area contributed by atoms with Crippen molar-refractivity contribution < 1.29 is 23.8 Å². The number of hydrogen-bond donors (Lipinski definition) is 1. The molecular formula is C21H22N2O5. The molecule has 2 aromatic carbocycles. The van der Waals surface area contributed by atoms with Crippen LogP contribution >= 0.6 is 0 Å². The zero-order valence-corrected chi connectivity index (χ0v) is 15.9. The van der Waals surface area contributed by atoms with Gasteiger partial charge in [-0.05, 0) is 49.2 Å². The van der Waals surface area contributed by atoms with Gasteiger partial charge in [-0.1, -0.05) is 12.1 Å². The second kappa shape index (κ2) is 7.42. The van der Waals surface area contributed by atoms with Crippen molar-refractivity contribution in [1.29, 1.82) is 0 Å². The fourth-order valence-corrected chi connectivity index (χ4v) is 3.30. The molecule has 0 aromatic heterocycles. The number of carbonyl (C=O) groups is 2. The zero-order valence-electron chi connectivity index (χ0n) is 15.9. The molecule has 2 aliphatic heterocycles. The third-order valence-corrected chi connectivity index (χ3v) is 4.81. The number of amides is 2. The second-order valence-electron chi connectivity index (χ2n) is 6.94. The van der Waals surface area contributed by atoms with E-state index in [4.69, 9.17) is 14.2 Å². The van der Waals surface area contributed by atoms with Crippen molar-refractivity contribution in [2.24, 2.45) is 0 Å². The predicted octanol–water partition coefficient (Wildman–Crippen LogP) is 2.54. The summed E-state index contributed by atoms with van der Waals surface area (Å²) >= 11 is 0. The minimum Gasteiger partial charge on any atom is -0.479 e. The smallest absolute Gasteiger partial charge is 0.267 e. The van der Waals surface area contributed by atoms with Crippen LogP contribution in [0, 0.1) is 6.92 Å². The van der Waals surface area contributed by atoms with Crippen LogP contribution in [0.25, 0.3) is 0 Å². The number of anilines is 1. The number of benzene rings is 2. The predicted molar refractivity (Wildman–Crippen MR) is 103 cm³/mol. The fourth-order valence-electron chi connectivity index (χ4n) is 3.30. The molecule has 2 aliphatic rings. The summed E-state index contributed by atoms with van der Waals surface area (Å²) in [6.07, 6.45) is -0.358. The molecule has 1 N–H and O–H groups in total. The van der Waals surface area contributed by atoms with Crippen molar-refractivity contribution in [2.75, 3.05) is 18.2 Å². The van der Waals surface area contributed by atoms with E-state index in [2.05, 4.69) is 5.32 Å². The minimum absolute atomic E-state index is 0.126. The van der Waals surface area contributed by atoms with Crippen molar-refractivity contribution in [3.05, 3.63) is 47.5 Å². The van der Waals surface area contributed by atoms with Crippen molar-refractivity contribution in [2.45, 2.75) is 32.9 Å². The summed E-state index contributed by atoms with van der Waals surface area (Å²) in [6, 6.07) is 11.3. The molecule has 2 aromatic rings. The van der Waals surface area contributed by atoms with Gasteiger partial charge in [-0.2, -0.15) is 0 Å². The molecule has 0 aliphatic carbocycles. The summed E-state index contributed by atoms with van der Waals surface area (Å²) in [6.45, 7) is 4.59. The van der Waals surface area contributed by atoms with Gasteiger partial charge in [-0.15, -0.1) is 0 Å². The number of hydrogen-bond acceptors (Lipinski definition) is 5. The van der Waals surface area contributed by atoms with Crippen molar-refractivity contribution in [3.8, 4) is 17.2 Å². The Bertz CT molecular complexity index is 927. The first-order chi connectivity index (χ1) is 13.5. The molecule has 0 fully saturated rings. The molecule has 4 rings (SSSR count). The number of nitrogens with zero attached hydrogens (tertiary/aromatic N) is 1. The highest BCUT2D eigenvalue weighted by Crippen LogP contribution is 2.35. The zero-order chi connectivity index (χ0) is 19.7. The highest BCUT2D eigenvalue weighted by molar-refractivity contribution is 6.00. The number of ether oxygens (including phenoxy) is 3. The first-order valence-corrected chi connectivity index (χ1v) is 9.25. The summed E-state index contributed by atoms with van der Waals surface area (Å²) in [5.74, 6) is 1.80. The lowest BCUT2D eigenvalue weighted by molar-refractivity contribution is -0.125. The molecule has 2 heterocycles. The lowest BCUT2D eigenvalue weighted by Crippen LogP contribution is -2.45. The van der Waals surface area contributed by atoms with Crippen LogP contribution < -0.4 is 24.4 Å². The average Bonchev–Trinajstić information content (AvgIpc) is 3.15. The van der Waals surface area contributed by atoms with E-state index in [0.717, 1.165) is 11.1 Å². The Morgan fingerprint density at radius 3 is 2.79 bits per heavy atom. The molecular weight excluding hydrogens is 360 g/mol. The van der Waals surface area contributed by atoms with Gasteiger partial charge in [-0.25, -0.2) is 0 Å². The van der Waals surface area contributed by atoms with E-state index >= 15 is 0 Å². The molecule has 0 bridgehead atoms. The third kappa shape index (κ3) is 3.60. The average molecular weight is 382 g/mol. The third-order valence-electron chi connectivity index (χ3n) is 4.81. The Labute approximate surface area is 163 Å². The van der Waals surface area contributed by atoms with Gasteiger partial charge in [0, 0.05) is 19.5 Å². The number of nitrogens with one attached hydrogen (secondary N) is 1. The largest absolute Gasteiger partial charge is 0.479 e. The highest BCUT2D eigenvalue weighted by Gasteiger charge is 2.31. The van der Waals surface area contributed by atoms with Crippen molar-refractivity contribution in [3.63, 3.8) is 0 Å². The topological polar surface area (TPSA) is 77.1 Å². The Morgan fingerprint density at radius 2 is 1.93 bits per heavy atom. The van der Waals surface area contributed by atoms with Gasteiger partial charge >= 0.3 is 0 Å². The summed E-state index contributed by atoms with van der Waals surface area (Å²) in [4.78, 5) is 26.5. The van der Waals surface area contributed by atoms with E-state index in [1.165, 1.54) is 0 Å². The van der Waals surface area contributed by atoms with Crippen LogP contribution in [-0.2, 0) is 16.1 Å². The molecule has 0 radical (unpaired) electrons. The number of fused-ring (bicyclic) bond motifs is 2. The summed E-state index contributed by atoms with van der Waals surface area (Å²) in [5, 5.41) is 2.89. The standard InChI is InChI=1S/C21H22N2O5/c1-13-3-5-17-16(9-13)23(21(25)14(2)28-17)8-7-20(24)22-11-15-4-6-18-19(10-15)27-12-26-18/h3-6,9-10,14H,7-8,11-12H2,1-2H3,(H,22,24). The number of rotatable bonds is 5. The quantitative estimate of drug-likeness (QED) is 0.860. The Kier molecular flexibility index (Phi) is 4.81. The first-order valence-electron chi connectivity index (χ1n) is 9.25. The molecule has 2 amide bonds. The summed E-state index contributed by atoms with van der Waals surface area (Å²) in [7, 11) is 0. The van der Waals surface area contributed by atoms with Crippen LogP contribution in [-0.4, -0.2) is 31.3 Å². The van der Waals surface area contributed by atoms with Gasteiger partial charge in [0.25, 0.3) is 5.91 Å². The van der Waals surface area contributed by atoms with E-state index in [9.17, 15) is 9.59 Å². The summed E-state index contributed by atoms with van der Waals surface area (Å²) in [5.41, 5.74) is 2.67. The Balaban J connectivity index is 1.37. The lowest BCUT2D eigenvalue weighted by Gasteiger charge is -2.33. The van der Waals surface area contributed by atoms with Crippen LogP contribution in [0.5, 0.6) is 17.2 Å². The van der Waals surface area contributed by atoms with Gasteiger partial charge < -0.3 is 24.4 Å². The molecule has 0 saturated carbocycles. The molecule has 0 spiro atoms. The monoisotopic (exact) mass is 382 g/mol. The van der Waals surface area contributed by atoms with E-state index < -0.39 is 6.10 Å². The normalized spacial score (nSPS) is 17.1. The minimum atomic E-state index is -0.563. The Hall–Kier alpha value is -3.22. The highest BCUT2D eigenvalue weighted by atomic mass is 16.7. The maximum Gasteiger partial charge on any atom is 0.267 e. The van der Waals surface area contributed by atoms with Gasteiger partial charge in [0.05, 0.1) is 5.69 Å². The fraction of sp³-hybridized carbons (Fsp3) is 0.333. The van der Waals surface area contributed by atoms with Crippen LogP contribution in [0.3, 0.4) is 0 Å². The van der Waals surface area contributed by atoms with E-state index in [-0.39, 0.29) is 25.0 Å². The van der Waals surface area contributed by atoms with Gasteiger partial charge in [0.1, 0.15) is 5.75 Å². The van der Waals surface area contributed by atoms with Crippen LogP contribution in [0.15, 0.2) is 36.4 Å². The molecule has 146 valence electrons. The molecule has 7 nitrogen and oxygen atoms in total. The molecule has 1 unspecified atom stereocenters. The van der Waals surface area contributed by atoms with Gasteiger partial charge in [-0.3, -0.25) is 9.59 Å². The molecule has 28 heavy (non-hydrogen) atoms. The van der Waals surface area contributed by atoms with Crippen LogP contribution in [0.2, 0.25) is 0 Å².